The van der Waals surface area contributed by atoms with Gasteiger partial charge in [-0.25, -0.2) is 0 Å². The van der Waals surface area contributed by atoms with Crippen LogP contribution in [-0.2, 0) is 28.4 Å². The average Bonchev–Trinajstić information content (AvgIpc) is 3.57. The van der Waals surface area contributed by atoms with Crippen molar-refractivity contribution in [1.29, 1.82) is 0 Å². The summed E-state index contributed by atoms with van der Waals surface area (Å²) in [5.41, 5.74) is 1.00. The van der Waals surface area contributed by atoms with Crippen LogP contribution in [0.2, 0.25) is 0 Å². The summed E-state index contributed by atoms with van der Waals surface area (Å²) in [6.45, 7) is 8.10. The van der Waals surface area contributed by atoms with Crippen molar-refractivity contribution in [3.8, 4) is 0 Å². The largest absolute Gasteiger partial charge is 0.394 e. The molecular weight excluding hydrogens is 708 g/mol. The summed E-state index contributed by atoms with van der Waals surface area (Å²) >= 11 is 0. The minimum atomic E-state index is -1.74. The first-order valence-corrected chi connectivity index (χ1v) is 20.2. The molecule has 0 amide bonds. The molecule has 15 heteroatoms. The van der Waals surface area contributed by atoms with Crippen LogP contribution in [0.1, 0.15) is 72.6 Å². The van der Waals surface area contributed by atoms with Crippen molar-refractivity contribution in [2.45, 2.75) is 164 Å². The van der Waals surface area contributed by atoms with Crippen LogP contribution < -0.4 is 0 Å². The van der Waals surface area contributed by atoms with Crippen molar-refractivity contribution in [2.75, 3.05) is 19.8 Å². The summed E-state index contributed by atoms with van der Waals surface area (Å²) in [5.74, 6) is -0.132. The topological polar surface area (TPSA) is 237 Å². The van der Waals surface area contributed by atoms with Gasteiger partial charge in [-0.1, -0.05) is 39.3 Å². The number of allylic oxidation sites excluding steroid dienone is 1. The molecule has 0 aromatic rings. The first-order chi connectivity index (χ1) is 25.6. The lowest BCUT2D eigenvalue weighted by molar-refractivity contribution is -0.363. The molecule has 308 valence electrons. The molecule has 0 aromatic carbocycles. The second-order valence-electron chi connectivity index (χ2n) is 18.5. The zero-order valence-electron chi connectivity index (χ0n) is 31.7. The van der Waals surface area contributed by atoms with E-state index in [4.69, 9.17) is 28.4 Å². The first-order valence-electron chi connectivity index (χ1n) is 20.2. The molecule has 0 unspecified atom stereocenters. The zero-order chi connectivity index (χ0) is 38.6. The number of aliphatic hydroxyl groups excluding tert-OH is 9. The van der Waals surface area contributed by atoms with Crippen LogP contribution in [0.3, 0.4) is 0 Å². The van der Waals surface area contributed by atoms with E-state index in [9.17, 15) is 46.0 Å². The summed E-state index contributed by atoms with van der Waals surface area (Å²) in [7, 11) is 0. The van der Waals surface area contributed by atoms with Gasteiger partial charge in [0, 0.05) is 11.8 Å². The molecule has 3 saturated carbocycles. The van der Waals surface area contributed by atoms with Gasteiger partial charge in [-0.05, 0) is 79.4 Å². The summed E-state index contributed by atoms with van der Waals surface area (Å²) < 4.78 is 36.4. The molecule has 0 aromatic heterocycles. The predicted octanol–water partition coefficient (Wildman–Crippen LogP) is -0.696. The van der Waals surface area contributed by atoms with Gasteiger partial charge in [0.25, 0.3) is 0 Å². The van der Waals surface area contributed by atoms with E-state index >= 15 is 0 Å². The molecule has 8 aliphatic rings. The second kappa shape index (κ2) is 14.5. The lowest BCUT2D eigenvalue weighted by Crippen LogP contribution is -2.65. The predicted molar refractivity (Wildman–Crippen MR) is 186 cm³/mol. The molecule has 0 bridgehead atoms. The second-order valence-corrected chi connectivity index (χ2v) is 18.5. The van der Waals surface area contributed by atoms with Crippen LogP contribution in [0.4, 0.5) is 0 Å². The Bertz CT molecular complexity index is 1400. The van der Waals surface area contributed by atoms with E-state index in [0.29, 0.717) is 31.8 Å². The zero-order valence-corrected chi connectivity index (χ0v) is 31.7. The normalized spacial score (nSPS) is 58.6. The van der Waals surface area contributed by atoms with Crippen molar-refractivity contribution in [3.05, 3.63) is 11.6 Å². The van der Waals surface area contributed by atoms with E-state index in [1.165, 1.54) is 5.57 Å². The highest BCUT2D eigenvalue weighted by atomic mass is 16.7. The van der Waals surface area contributed by atoms with Gasteiger partial charge < -0.3 is 74.4 Å². The van der Waals surface area contributed by atoms with Crippen LogP contribution in [0.15, 0.2) is 11.6 Å². The third-order valence-corrected chi connectivity index (χ3v) is 15.6. The quantitative estimate of drug-likeness (QED) is 0.152. The minimum absolute atomic E-state index is 0.0511. The minimum Gasteiger partial charge on any atom is -0.394 e. The average molecular weight is 771 g/mol. The van der Waals surface area contributed by atoms with Gasteiger partial charge in [-0.2, -0.15) is 0 Å². The molecule has 4 aliphatic heterocycles. The third-order valence-electron chi connectivity index (χ3n) is 15.6. The molecule has 15 nitrogen and oxygen atoms in total. The highest BCUT2D eigenvalue weighted by molar-refractivity contribution is 5.27. The molecule has 1 spiro atoms. The molecule has 8 rings (SSSR count). The number of fused-ring (bicyclic) bond motifs is 7. The van der Waals surface area contributed by atoms with Crippen LogP contribution in [-0.4, -0.2) is 157 Å². The number of aliphatic hydroxyl groups is 9. The van der Waals surface area contributed by atoms with Crippen molar-refractivity contribution >= 4 is 0 Å². The lowest BCUT2D eigenvalue weighted by Gasteiger charge is -2.59. The fourth-order valence-electron chi connectivity index (χ4n) is 12.8. The van der Waals surface area contributed by atoms with Gasteiger partial charge in [0.05, 0.1) is 38.1 Å². The van der Waals surface area contributed by atoms with E-state index in [0.717, 1.165) is 25.7 Å². The number of hydrogen-bond donors (Lipinski definition) is 9. The van der Waals surface area contributed by atoms with Crippen LogP contribution >= 0.6 is 0 Å². The Morgan fingerprint density at radius 2 is 1.46 bits per heavy atom. The summed E-state index contributed by atoms with van der Waals surface area (Å²) in [5, 5.41) is 96.1. The van der Waals surface area contributed by atoms with E-state index in [-0.39, 0.29) is 52.6 Å². The summed E-state index contributed by atoms with van der Waals surface area (Å²) in [6.07, 6.45) is -9.32. The highest BCUT2D eigenvalue weighted by Gasteiger charge is 2.73. The maximum Gasteiger partial charge on any atom is 0.197 e. The van der Waals surface area contributed by atoms with Crippen molar-refractivity contribution in [2.24, 2.45) is 46.3 Å². The van der Waals surface area contributed by atoms with E-state index < -0.39 is 92.6 Å². The van der Waals surface area contributed by atoms with E-state index in [1.54, 1.807) is 0 Å². The van der Waals surface area contributed by atoms with Gasteiger partial charge >= 0.3 is 0 Å². The van der Waals surface area contributed by atoms with E-state index in [2.05, 4.69) is 33.8 Å². The van der Waals surface area contributed by atoms with Gasteiger partial charge in [0.2, 0.25) is 0 Å². The Morgan fingerprint density at radius 3 is 2.17 bits per heavy atom. The Kier molecular flexibility index (Phi) is 10.7. The fraction of sp³-hybridized carbons (Fsp3) is 0.949. The SMILES string of the molecule is C[C@H]1CO[C@@]2(O[C@H]3[C@H](O)[C@H]4[C@@H]5CC=C6C[C@@H](O[C@@H]7O[C@H](CO)[C@H](O[C@@H]8O[C@H](CO)[C@@H](O)[C@H](O)[C@H]8O)[C@H](O)[C@H]7O)CC[C@]6(C)[C@H]5CC[C@]4(C)[C@H]3[C@@H]2C)[C@@H](O)C1. The molecule has 54 heavy (non-hydrogen) atoms. The smallest absolute Gasteiger partial charge is 0.197 e. The monoisotopic (exact) mass is 770 g/mol. The van der Waals surface area contributed by atoms with Crippen molar-refractivity contribution in [3.63, 3.8) is 0 Å². The Morgan fingerprint density at radius 1 is 0.778 bits per heavy atom. The molecule has 23 atom stereocenters. The third kappa shape index (κ3) is 5.94. The first kappa shape index (κ1) is 39.9. The van der Waals surface area contributed by atoms with Crippen molar-refractivity contribution < 1.29 is 74.4 Å². The standard InChI is InChI=1S/C39H62O15/c1-16-11-24(42)39(49-15-16)17(2)25-34(54-39)28(44)26-20-6-5-18-12-19(7-9-37(18,3)21(20)8-10-38(25,26)4)50-35-32(48)30(46)33(23(14-41)52-35)53-36-31(47)29(45)27(43)22(13-40)51-36/h5,16-17,19-36,40-48H,6-15H2,1-4H3/t16-,17+,19+,20-,21+,22-,23-,24+,25+,26-,27-,28-,29+,30-,31-,32-,33+,34-,35-,36+,37+,38-,39+/m1/s1. The molecule has 0 radical (unpaired) electrons. The number of ether oxygens (including phenoxy) is 6. The van der Waals surface area contributed by atoms with Crippen molar-refractivity contribution in [1.82, 2.24) is 0 Å². The van der Waals surface area contributed by atoms with Gasteiger partial charge in [0.1, 0.15) is 54.9 Å². The van der Waals surface area contributed by atoms with Gasteiger partial charge in [0.15, 0.2) is 18.4 Å². The van der Waals surface area contributed by atoms with Gasteiger partial charge in [-0.15, -0.1) is 0 Å². The van der Waals surface area contributed by atoms with Gasteiger partial charge in [-0.3, -0.25) is 0 Å². The Labute approximate surface area is 316 Å². The Balaban J connectivity index is 0.931. The van der Waals surface area contributed by atoms with Crippen LogP contribution in [0.25, 0.3) is 0 Å². The molecule has 4 aliphatic carbocycles. The molecule has 7 fully saturated rings. The molecular formula is C39H62O15. The molecule has 9 N–H and O–H groups in total. The maximum atomic E-state index is 12.1. The fourth-order valence-corrected chi connectivity index (χ4v) is 12.8. The number of rotatable bonds is 6. The van der Waals surface area contributed by atoms with Crippen LogP contribution in [0.5, 0.6) is 0 Å². The number of hydrogen-bond acceptors (Lipinski definition) is 15. The molecule has 4 saturated heterocycles. The maximum absolute atomic E-state index is 12.1. The Hall–Kier alpha value is -0.860. The lowest BCUT2D eigenvalue weighted by atomic mass is 9.46. The molecule has 4 heterocycles. The van der Waals surface area contributed by atoms with Crippen LogP contribution in [0, 0.1) is 46.3 Å². The summed E-state index contributed by atoms with van der Waals surface area (Å²) in [6, 6.07) is 0. The highest BCUT2D eigenvalue weighted by Crippen LogP contribution is 2.70. The summed E-state index contributed by atoms with van der Waals surface area (Å²) in [4.78, 5) is 0. The van der Waals surface area contributed by atoms with E-state index in [1.807, 2.05) is 0 Å².